The second-order valence-corrected chi connectivity index (χ2v) is 9.35. The summed E-state index contributed by atoms with van der Waals surface area (Å²) in [6.07, 6.45) is 8.86. The lowest BCUT2D eigenvalue weighted by Crippen LogP contribution is -2.25. The predicted molar refractivity (Wildman–Crippen MR) is 86.6 cm³/mol. The second kappa shape index (κ2) is 5.96. The highest BCUT2D eigenvalue weighted by molar-refractivity contribution is 7.67. The lowest BCUT2D eigenvalue weighted by molar-refractivity contribution is 0.590. The summed E-state index contributed by atoms with van der Waals surface area (Å²) < 4.78 is 0. The molecule has 104 valence electrons. The summed E-state index contributed by atoms with van der Waals surface area (Å²) in [5, 5.41) is 1.69. The Hall–Kier alpha value is -0.350. The number of benzene rings is 1. The van der Waals surface area contributed by atoms with Crippen molar-refractivity contribution in [3.05, 3.63) is 30.3 Å². The predicted octanol–water partition coefficient (Wildman–Crippen LogP) is 5.17. The molecule has 0 saturated heterocycles. The fourth-order valence-corrected chi connectivity index (χ4v) is 8.40. The van der Waals surface area contributed by atoms with Gasteiger partial charge in [-0.1, -0.05) is 77.8 Å². The van der Waals surface area contributed by atoms with Crippen molar-refractivity contribution in [3.8, 4) is 0 Å². The van der Waals surface area contributed by atoms with E-state index in [9.17, 15) is 0 Å². The average molecular weight is 274 g/mol. The van der Waals surface area contributed by atoms with Gasteiger partial charge in [-0.15, -0.1) is 0 Å². The largest absolute Gasteiger partial charge is 0.0684 e. The van der Waals surface area contributed by atoms with Crippen LogP contribution < -0.4 is 5.30 Å². The molecular formula is C18H27P. The Bertz CT molecular complexity index is 379. The highest BCUT2D eigenvalue weighted by Crippen LogP contribution is 2.59. The molecule has 0 heterocycles. The second-order valence-electron chi connectivity index (χ2n) is 6.69. The van der Waals surface area contributed by atoms with E-state index in [1.165, 1.54) is 38.5 Å². The summed E-state index contributed by atoms with van der Waals surface area (Å²) in [6.45, 7) is 5.02. The molecular weight excluding hydrogens is 247 g/mol. The molecule has 0 aromatic heterocycles. The zero-order valence-corrected chi connectivity index (χ0v) is 13.3. The zero-order valence-electron chi connectivity index (χ0n) is 12.4. The fourth-order valence-electron chi connectivity index (χ4n) is 4.31. The molecule has 1 aromatic carbocycles. The highest BCUT2D eigenvalue weighted by atomic mass is 31.1. The molecule has 2 unspecified atom stereocenters. The fraction of sp³-hybridized carbons (Fsp3) is 0.667. The molecule has 3 rings (SSSR count). The summed E-state index contributed by atoms with van der Waals surface area (Å²) in [5.41, 5.74) is 2.01. The van der Waals surface area contributed by atoms with E-state index < -0.39 is 0 Å². The van der Waals surface area contributed by atoms with Crippen LogP contribution in [0.2, 0.25) is 0 Å². The molecule has 0 aliphatic heterocycles. The minimum Gasteiger partial charge on any atom is -0.0684 e. The summed E-state index contributed by atoms with van der Waals surface area (Å²) in [4.78, 5) is 0. The Morgan fingerprint density at radius 1 is 0.789 bits per heavy atom. The monoisotopic (exact) mass is 274 g/mol. The molecule has 0 amide bonds. The molecule has 0 nitrogen and oxygen atoms in total. The molecule has 2 fully saturated rings. The lowest BCUT2D eigenvalue weighted by atomic mass is 10.1. The van der Waals surface area contributed by atoms with Gasteiger partial charge in [-0.05, 0) is 41.3 Å². The third kappa shape index (κ3) is 2.75. The van der Waals surface area contributed by atoms with Crippen molar-refractivity contribution in [2.45, 2.75) is 63.7 Å². The van der Waals surface area contributed by atoms with Crippen LogP contribution in [0.25, 0.3) is 0 Å². The van der Waals surface area contributed by atoms with Crippen molar-refractivity contribution in [2.75, 3.05) is 0 Å². The van der Waals surface area contributed by atoms with Gasteiger partial charge < -0.3 is 0 Å². The van der Waals surface area contributed by atoms with Crippen LogP contribution in [0.15, 0.2) is 30.3 Å². The molecule has 1 aromatic rings. The Balaban J connectivity index is 1.91. The van der Waals surface area contributed by atoms with Gasteiger partial charge in [0, 0.05) is 0 Å². The summed E-state index contributed by atoms with van der Waals surface area (Å²) in [6, 6.07) is 11.5. The Morgan fingerprint density at radius 2 is 1.32 bits per heavy atom. The van der Waals surface area contributed by atoms with Gasteiger partial charge in [0.2, 0.25) is 0 Å². The van der Waals surface area contributed by atoms with Gasteiger partial charge in [-0.3, -0.25) is 0 Å². The van der Waals surface area contributed by atoms with Crippen LogP contribution in [0, 0.1) is 11.8 Å². The molecule has 4 atom stereocenters. The maximum absolute atomic E-state index is 2.51. The van der Waals surface area contributed by atoms with E-state index in [0.717, 1.165) is 23.2 Å². The molecule has 1 heteroatoms. The van der Waals surface area contributed by atoms with Crippen molar-refractivity contribution in [2.24, 2.45) is 11.8 Å². The van der Waals surface area contributed by atoms with Crippen LogP contribution in [0.5, 0.6) is 0 Å². The van der Waals surface area contributed by atoms with Crippen LogP contribution in [0.1, 0.15) is 52.4 Å². The summed E-state index contributed by atoms with van der Waals surface area (Å²) >= 11 is 0. The third-order valence-corrected chi connectivity index (χ3v) is 9.26. The van der Waals surface area contributed by atoms with E-state index in [-0.39, 0.29) is 7.92 Å². The summed E-state index contributed by atoms with van der Waals surface area (Å²) in [5.74, 6) is 1.92. The number of hydrogen-bond acceptors (Lipinski definition) is 0. The summed E-state index contributed by atoms with van der Waals surface area (Å²) in [7, 11) is 0.0633. The Kier molecular flexibility index (Phi) is 4.27. The maximum Gasteiger partial charge on any atom is -0.0141 e. The highest BCUT2D eigenvalue weighted by Gasteiger charge is 2.39. The van der Waals surface area contributed by atoms with Crippen LogP contribution in [0.3, 0.4) is 0 Å². The molecule has 0 N–H and O–H groups in total. The average Bonchev–Trinajstić information content (AvgIpc) is 3.02. The SMILES string of the molecule is CC1CCC[C@H]1P(c1ccccc1)[C@@H]1CCCC1C. The smallest absolute Gasteiger partial charge is 0.0141 e. The van der Waals surface area contributed by atoms with Gasteiger partial charge in [0.15, 0.2) is 0 Å². The van der Waals surface area contributed by atoms with Crippen LogP contribution in [-0.4, -0.2) is 11.3 Å². The van der Waals surface area contributed by atoms with Crippen molar-refractivity contribution < 1.29 is 0 Å². The van der Waals surface area contributed by atoms with E-state index in [4.69, 9.17) is 0 Å². The van der Waals surface area contributed by atoms with E-state index in [1.54, 1.807) is 5.30 Å². The first-order valence-electron chi connectivity index (χ1n) is 8.11. The minimum absolute atomic E-state index is 0.0633. The van der Waals surface area contributed by atoms with Gasteiger partial charge >= 0.3 is 0 Å². The van der Waals surface area contributed by atoms with E-state index in [0.29, 0.717) is 0 Å². The lowest BCUT2D eigenvalue weighted by Gasteiger charge is -2.35. The van der Waals surface area contributed by atoms with Crippen molar-refractivity contribution in [1.82, 2.24) is 0 Å². The van der Waals surface area contributed by atoms with Crippen LogP contribution in [-0.2, 0) is 0 Å². The third-order valence-electron chi connectivity index (χ3n) is 5.40. The van der Waals surface area contributed by atoms with Crippen molar-refractivity contribution in [3.63, 3.8) is 0 Å². The van der Waals surface area contributed by atoms with Gasteiger partial charge in [0.1, 0.15) is 0 Å². The molecule has 0 spiro atoms. The molecule has 2 aliphatic rings. The van der Waals surface area contributed by atoms with E-state index >= 15 is 0 Å². The van der Waals surface area contributed by atoms with Crippen molar-refractivity contribution >= 4 is 13.2 Å². The first kappa shape index (κ1) is 13.6. The molecule has 0 radical (unpaired) electrons. The van der Waals surface area contributed by atoms with E-state index in [1.807, 2.05) is 0 Å². The van der Waals surface area contributed by atoms with Gasteiger partial charge in [-0.25, -0.2) is 0 Å². The molecule has 19 heavy (non-hydrogen) atoms. The number of hydrogen-bond donors (Lipinski definition) is 0. The van der Waals surface area contributed by atoms with Gasteiger partial charge in [-0.2, -0.15) is 0 Å². The Morgan fingerprint density at radius 3 is 1.74 bits per heavy atom. The van der Waals surface area contributed by atoms with Gasteiger partial charge in [0.05, 0.1) is 0 Å². The van der Waals surface area contributed by atoms with Gasteiger partial charge in [0.25, 0.3) is 0 Å². The van der Waals surface area contributed by atoms with Crippen molar-refractivity contribution in [1.29, 1.82) is 0 Å². The topological polar surface area (TPSA) is 0 Å². The maximum atomic E-state index is 2.51. The molecule has 2 saturated carbocycles. The van der Waals surface area contributed by atoms with Crippen LogP contribution in [0.4, 0.5) is 0 Å². The zero-order chi connectivity index (χ0) is 13.2. The first-order valence-corrected chi connectivity index (χ1v) is 9.59. The minimum atomic E-state index is 0.0633. The quantitative estimate of drug-likeness (QED) is 0.667. The molecule has 2 aliphatic carbocycles. The number of rotatable bonds is 3. The normalized spacial score (nSPS) is 36.5. The van der Waals surface area contributed by atoms with E-state index in [2.05, 4.69) is 44.2 Å². The molecule has 0 bridgehead atoms. The standard InChI is InChI=1S/C18H27P/c1-14-8-6-12-17(14)19(16-10-4-3-5-11-16)18-13-7-9-15(18)2/h3-5,10-11,14-15,17-18H,6-9,12-13H2,1-2H3/t14?,15?,17-,18-,19?/m1/s1. The first-order chi connectivity index (χ1) is 9.27. The van der Waals surface area contributed by atoms with Crippen LogP contribution >= 0.6 is 7.92 Å². The Labute approximate surface area is 119 Å².